The standard InChI is InChI=1S/C22H22BrN3O/c23-20-6-3-17(4-7-20)2-1-11-25-12-14-26(15-13-25)22(27)19-5-8-21-18(16-19)9-10-24-21/h1-10,16,24H,11-15H2/b2-1+. The SMILES string of the molecule is O=C(c1ccc2[nH]ccc2c1)N1CCN(C/C=C/c2ccc(Br)cc2)CC1. The number of halogens is 1. The van der Waals surface area contributed by atoms with Crippen LogP contribution in [-0.2, 0) is 0 Å². The molecule has 0 unspecified atom stereocenters. The molecule has 1 aliphatic rings. The van der Waals surface area contributed by atoms with Gasteiger partial charge in [0.15, 0.2) is 0 Å². The molecule has 0 saturated carbocycles. The predicted molar refractivity (Wildman–Crippen MR) is 114 cm³/mol. The summed E-state index contributed by atoms with van der Waals surface area (Å²) in [5.41, 5.74) is 3.03. The van der Waals surface area contributed by atoms with Crippen LogP contribution in [0.2, 0.25) is 0 Å². The second kappa shape index (κ2) is 8.11. The van der Waals surface area contributed by atoms with Crippen LogP contribution in [-0.4, -0.2) is 53.4 Å². The van der Waals surface area contributed by atoms with E-state index in [1.54, 1.807) is 0 Å². The first-order chi connectivity index (χ1) is 13.2. The summed E-state index contributed by atoms with van der Waals surface area (Å²) in [5, 5.41) is 1.08. The monoisotopic (exact) mass is 423 g/mol. The fourth-order valence-corrected chi connectivity index (χ4v) is 3.68. The van der Waals surface area contributed by atoms with Gasteiger partial charge in [-0.3, -0.25) is 9.69 Å². The number of carbonyl (C=O) groups excluding carboxylic acids is 1. The Kier molecular flexibility index (Phi) is 5.41. The van der Waals surface area contributed by atoms with E-state index < -0.39 is 0 Å². The van der Waals surface area contributed by atoms with Crippen LogP contribution >= 0.6 is 15.9 Å². The van der Waals surface area contributed by atoms with E-state index in [1.165, 1.54) is 5.56 Å². The van der Waals surface area contributed by atoms with Crippen LogP contribution in [0.4, 0.5) is 0 Å². The summed E-state index contributed by atoms with van der Waals surface area (Å²) >= 11 is 3.45. The summed E-state index contributed by atoms with van der Waals surface area (Å²) in [4.78, 5) is 20.3. The molecule has 1 aromatic heterocycles. The summed E-state index contributed by atoms with van der Waals surface area (Å²) < 4.78 is 1.09. The molecule has 138 valence electrons. The average Bonchev–Trinajstić information content (AvgIpc) is 3.17. The van der Waals surface area contributed by atoms with Crippen LogP contribution in [0, 0.1) is 0 Å². The van der Waals surface area contributed by atoms with Gasteiger partial charge in [-0.1, -0.05) is 40.2 Å². The molecule has 2 heterocycles. The number of nitrogens with zero attached hydrogens (tertiary/aromatic N) is 2. The molecule has 1 fully saturated rings. The van der Waals surface area contributed by atoms with Gasteiger partial charge in [-0.15, -0.1) is 0 Å². The fraction of sp³-hybridized carbons (Fsp3) is 0.227. The number of hydrogen-bond acceptors (Lipinski definition) is 2. The highest BCUT2D eigenvalue weighted by atomic mass is 79.9. The lowest BCUT2D eigenvalue weighted by Gasteiger charge is -2.34. The minimum atomic E-state index is 0.128. The molecule has 1 amide bonds. The van der Waals surface area contributed by atoms with E-state index in [0.717, 1.165) is 53.7 Å². The quantitative estimate of drug-likeness (QED) is 0.675. The fourth-order valence-electron chi connectivity index (χ4n) is 3.41. The first-order valence-electron chi connectivity index (χ1n) is 9.20. The first-order valence-corrected chi connectivity index (χ1v) is 9.99. The Bertz CT molecular complexity index is 953. The highest BCUT2D eigenvalue weighted by Gasteiger charge is 2.21. The Labute approximate surface area is 167 Å². The number of piperazine rings is 1. The van der Waals surface area contributed by atoms with Crippen molar-refractivity contribution < 1.29 is 4.79 Å². The molecule has 1 saturated heterocycles. The van der Waals surface area contributed by atoms with Gasteiger partial charge in [0.2, 0.25) is 0 Å². The number of amides is 1. The molecular formula is C22H22BrN3O. The Balaban J connectivity index is 1.30. The summed E-state index contributed by atoms with van der Waals surface area (Å²) in [5.74, 6) is 0.128. The van der Waals surface area contributed by atoms with Crippen LogP contribution in [0.1, 0.15) is 15.9 Å². The highest BCUT2D eigenvalue weighted by molar-refractivity contribution is 9.10. The summed E-state index contributed by atoms with van der Waals surface area (Å²) in [6, 6.07) is 16.2. The molecule has 4 rings (SSSR count). The number of benzene rings is 2. The van der Waals surface area contributed by atoms with E-state index >= 15 is 0 Å². The van der Waals surface area contributed by atoms with Crippen molar-refractivity contribution in [2.75, 3.05) is 32.7 Å². The highest BCUT2D eigenvalue weighted by Crippen LogP contribution is 2.17. The molecule has 0 aliphatic carbocycles. The molecule has 2 aromatic carbocycles. The van der Waals surface area contributed by atoms with E-state index in [9.17, 15) is 4.79 Å². The lowest BCUT2D eigenvalue weighted by Crippen LogP contribution is -2.48. The van der Waals surface area contributed by atoms with Gasteiger partial charge in [-0.25, -0.2) is 0 Å². The Morgan fingerprint density at radius 1 is 1.04 bits per heavy atom. The van der Waals surface area contributed by atoms with E-state index in [0.29, 0.717) is 0 Å². The van der Waals surface area contributed by atoms with Gasteiger partial charge >= 0.3 is 0 Å². The maximum Gasteiger partial charge on any atom is 0.253 e. The third-order valence-electron chi connectivity index (χ3n) is 5.00. The summed E-state index contributed by atoms with van der Waals surface area (Å²) in [7, 11) is 0. The average molecular weight is 424 g/mol. The second-order valence-electron chi connectivity index (χ2n) is 6.83. The number of rotatable bonds is 4. The van der Waals surface area contributed by atoms with Gasteiger partial charge < -0.3 is 9.88 Å². The van der Waals surface area contributed by atoms with Crippen LogP contribution in [0.15, 0.2) is 65.3 Å². The van der Waals surface area contributed by atoms with E-state index in [-0.39, 0.29) is 5.91 Å². The number of fused-ring (bicyclic) bond motifs is 1. The molecule has 0 spiro atoms. The molecule has 3 aromatic rings. The molecule has 27 heavy (non-hydrogen) atoms. The molecule has 0 atom stereocenters. The number of nitrogens with one attached hydrogen (secondary N) is 1. The van der Waals surface area contributed by atoms with Gasteiger partial charge in [-0.05, 0) is 42.0 Å². The third-order valence-corrected chi connectivity index (χ3v) is 5.53. The summed E-state index contributed by atoms with van der Waals surface area (Å²) in [6.45, 7) is 4.27. The first kappa shape index (κ1) is 18.0. The molecule has 4 nitrogen and oxygen atoms in total. The van der Waals surface area contributed by atoms with Gasteiger partial charge in [0.05, 0.1) is 0 Å². The molecular weight excluding hydrogens is 402 g/mol. The Morgan fingerprint density at radius 3 is 2.59 bits per heavy atom. The lowest BCUT2D eigenvalue weighted by atomic mass is 10.1. The number of hydrogen-bond donors (Lipinski definition) is 1. The van der Waals surface area contributed by atoms with Crippen LogP contribution in [0.5, 0.6) is 0 Å². The van der Waals surface area contributed by atoms with Crippen molar-refractivity contribution in [2.24, 2.45) is 0 Å². The van der Waals surface area contributed by atoms with E-state index in [4.69, 9.17) is 0 Å². The number of aromatic nitrogens is 1. The van der Waals surface area contributed by atoms with Crippen LogP contribution in [0.3, 0.4) is 0 Å². The van der Waals surface area contributed by atoms with E-state index in [2.05, 4.69) is 62.2 Å². The van der Waals surface area contributed by atoms with Crippen molar-refractivity contribution in [3.05, 3.63) is 76.4 Å². The second-order valence-corrected chi connectivity index (χ2v) is 7.74. The normalized spacial score (nSPS) is 15.7. The van der Waals surface area contributed by atoms with E-state index in [1.807, 2.05) is 35.4 Å². The molecule has 1 N–H and O–H groups in total. The van der Waals surface area contributed by atoms with Gasteiger partial charge in [0.25, 0.3) is 5.91 Å². The van der Waals surface area contributed by atoms with Crippen molar-refractivity contribution in [1.82, 2.24) is 14.8 Å². The van der Waals surface area contributed by atoms with Gasteiger partial charge in [0, 0.05) is 59.9 Å². The smallest absolute Gasteiger partial charge is 0.253 e. The number of aromatic amines is 1. The molecule has 5 heteroatoms. The maximum absolute atomic E-state index is 12.8. The van der Waals surface area contributed by atoms with Crippen molar-refractivity contribution in [3.8, 4) is 0 Å². The van der Waals surface area contributed by atoms with Crippen LogP contribution < -0.4 is 0 Å². The van der Waals surface area contributed by atoms with Gasteiger partial charge in [-0.2, -0.15) is 0 Å². The Hall–Kier alpha value is -2.37. The molecule has 0 bridgehead atoms. The zero-order valence-corrected chi connectivity index (χ0v) is 16.7. The van der Waals surface area contributed by atoms with Crippen molar-refractivity contribution in [1.29, 1.82) is 0 Å². The largest absolute Gasteiger partial charge is 0.361 e. The lowest BCUT2D eigenvalue weighted by molar-refractivity contribution is 0.0650. The number of carbonyl (C=O) groups is 1. The zero-order chi connectivity index (χ0) is 18.6. The third kappa shape index (κ3) is 4.31. The predicted octanol–water partition coefficient (Wildman–Crippen LogP) is 4.40. The zero-order valence-electron chi connectivity index (χ0n) is 15.1. The summed E-state index contributed by atoms with van der Waals surface area (Å²) in [6.07, 6.45) is 6.25. The van der Waals surface area contributed by atoms with Crippen LogP contribution in [0.25, 0.3) is 17.0 Å². The number of H-pyrrole nitrogens is 1. The Morgan fingerprint density at radius 2 is 1.81 bits per heavy atom. The maximum atomic E-state index is 12.8. The molecule has 1 aliphatic heterocycles. The minimum absolute atomic E-state index is 0.128. The molecule has 0 radical (unpaired) electrons. The topological polar surface area (TPSA) is 39.3 Å². The van der Waals surface area contributed by atoms with Gasteiger partial charge in [0.1, 0.15) is 0 Å². The minimum Gasteiger partial charge on any atom is -0.361 e. The van der Waals surface area contributed by atoms with Crippen molar-refractivity contribution >= 4 is 38.8 Å². The van der Waals surface area contributed by atoms with Crippen molar-refractivity contribution in [3.63, 3.8) is 0 Å². The van der Waals surface area contributed by atoms with Crippen molar-refractivity contribution in [2.45, 2.75) is 0 Å².